The number of rotatable bonds is 7. The minimum absolute atomic E-state index is 0.0531. The van der Waals surface area contributed by atoms with Gasteiger partial charge in [-0.25, -0.2) is 21.6 Å². The van der Waals surface area contributed by atoms with Crippen molar-refractivity contribution in [1.82, 2.24) is 4.72 Å². The van der Waals surface area contributed by atoms with E-state index in [2.05, 4.69) is 4.72 Å². The third kappa shape index (κ3) is 4.46. The number of benzene rings is 2. The smallest absolute Gasteiger partial charge is 0.240 e. The molecule has 0 unspecified atom stereocenters. The van der Waals surface area contributed by atoms with Crippen LogP contribution < -0.4 is 14.2 Å². The van der Waals surface area contributed by atoms with Gasteiger partial charge in [0.1, 0.15) is 24.2 Å². The second-order valence-corrected chi connectivity index (χ2v) is 10.9. The molecular weight excluding hydrogens is 442 g/mol. The van der Waals surface area contributed by atoms with Crippen molar-refractivity contribution in [3.8, 4) is 11.5 Å². The summed E-state index contributed by atoms with van der Waals surface area (Å²) >= 11 is 0. The van der Waals surface area contributed by atoms with Gasteiger partial charge in [-0.2, -0.15) is 0 Å². The van der Waals surface area contributed by atoms with Crippen LogP contribution in [0.3, 0.4) is 0 Å². The second kappa shape index (κ2) is 8.37. The van der Waals surface area contributed by atoms with E-state index in [1.54, 1.807) is 18.2 Å². The largest absolute Gasteiger partial charge is 0.486 e. The number of hydrogen-bond acceptors (Lipinski definition) is 7. The molecule has 0 bridgehead atoms. The first kappa shape index (κ1) is 21.4. The van der Waals surface area contributed by atoms with Gasteiger partial charge in [-0.1, -0.05) is 17.7 Å². The number of sulfone groups is 1. The first-order chi connectivity index (χ1) is 14.8. The summed E-state index contributed by atoms with van der Waals surface area (Å²) in [6, 6.07) is 13.7. The van der Waals surface area contributed by atoms with E-state index in [4.69, 9.17) is 13.9 Å². The van der Waals surface area contributed by atoms with E-state index in [1.165, 1.54) is 42.7 Å². The van der Waals surface area contributed by atoms with Gasteiger partial charge < -0.3 is 13.9 Å². The molecule has 4 rings (SSSR count). The summed E-state index contributed by atoms with van der Waals surface area (Å²) in [5.74, 6) is 0.926. The van der Waals surface area contributed by atoms with Crippen molar-refractivity contribution >= 4 is 19.9 Å². The Bertz CT molecular complexity index is 1270. The van der Waals surface area contributed by atoms with Crippen LogP contribution in [0.1, 0.15) is 16.6 Å². The molecule has 2 aromatic carbocycles. The number of sulfonamides is 1. The molecule has 164 valence electrons. The molecule has 10 heteroatoms. The van der Waals surface area contributed by atoms with Crippen molar-refractivity contribution < 1.29 is 30.7 Å². The topological polar surface area (TPSA) is 112 Å². The molecule has 1 aliphatic rings. The highest BCUT2D eigenvalue weighted by Gasteiger charge is 2.33. The first-order valence-corrected chi connectivity index (χ1v) is 12.5. The summed E-state index contributed by atoms with van der Waals surface area (Å²) in [4.78, 5) is 0.0284. The van der Waals surface area contributed by atoms with E-state index < -0.39 is 31.7 Å². The maximum Gasteiger partial charge on any atom is 0.240 e. The Morgan fingerprint density at radius 3 is 2.26 bits per heavy atom. The first-order valence-electron chi connectivity index (χ1n) is 9.51. The SMILES string of the molecule is Cc1ccc(S(=O)(=O)[C@@H](CNS(=O)(=O)c2ccc3c(c2)OCCO3)c2ccco2)cc1. The van der Waals surface area contributed by atoms with Gasteiger partial charge in [0.05, 0.1) is 16.1 Å². The lowest BCUT2D eigenvalue weighted by Crippen LogP contribution is -2.32. The van der Waals surface area contributed by atoms with E-state index >= 15 is 0 Å². The predicted molar refractivity (Wildman–Crippen MR) is 112 cm³/mol. The quantitative estimate of drug-likeness (QED) is 0.573. The minimum atomic E-state index is -4.02. The summed E-state index contributed by atoms with van der Waals surface area (Å²) in [5, 5.41) is -1.24. The number of nitrogens with one attached hydrogen (secondary N) is 1. The Morgan fingerprint density at radius 1 is 0.903 bits per heavy atom. The van der Waals surface area contributed by atoms with Crippen LogP contribution in [0, 0.1) is 6.92 Å². The fraction of sp³-hybridized carbons (Fsp3) is 0.238. The van der Waals surface area contributed by atoms with E-state index in [0.29, 0.717) is 24.7 Å². The number of ether oxygens (including phenoxy) is 2. The maximum absolute atomic E-state index is 13.3. The Hall–Kier alpha value is -2.82. The van der Waals surface area contributed by atoms with Crippen molar-refractivity contribution in [2.24, 2.45) is 0 Å². The zero-order chi connectivity index (χ0) is 22.1. The lowest BCUT2D eigenvalue weighted by atomic mass is 10.2. The Balaban J connectivity index is 1.62. The highest BCUT2D eigenvalue weighted by atomic mass is 32.2. The molecule has 1 atom stereocenters. The van der Waals surface area contributed by atoms with Gasteiger partial charge in [0, 0.05) is 12.6 Å². The van der Waals surface area contributed by atoms with Crippen LogP contribution in [-0.4, -0.2) is 36.6 Å². The second-order valence-electron chi connectivity index (χ2n) is 7.02. The fourth-order valence-electron chi connectivity index (χ4n) is 3.19. The Kier molecular flexibility index (Phi) is 5.78. The number of aryl methyl sites for hydroxylation is 1. The summed E-state index contributed by atoms with van der Waals surface area (Å²) in [6.45, 7) is 2.15. The van der Waals surface area contributed by atoms with Crippen molar-refractivity contribution in [1.29, 1.82) is 0 Å². The predicted octanol–water partition coefficient (Wildman–Crippen LogP) is 2.85. The standard InChI is InChI=1S/C21H21NO7S2/c1-15-4-6-16(7-5-15)30(23,24)21(19-3-2-10-27-19)14-22-31(25,26)17-8-9-18-20(13-17)29-12-11-28-18/h2-10,13,21-22H,11-12,14H2,1H3/t21-/m0/s1. The zero-order valence-corrected chi connectivity index (χ0v) is 18.3. The van der Waals surface area contributed by atoms with Crippen molar-refractivity contribution in [3.63, 3.8) is 0 Å². The molecule has 31 heavy (non-hydrogen) atoms. The molecule has 0 saturated heterocycles. The van der Waals surface area contributed by atoms with Crippen LogP contribution in [0.5, 0.6) is 11.5 Å². The minimum Gasteiger partial charge on any atom is -0.486 e. The van der Waals surface area contributed by atoms with E-state index in [1.807, 2.05) is 6.92 Å². The third-order valence-corrected chi connectivity index (χ3v) is 8.37. The van der Waals surface area contributed by atoms with Gasteiger partial charge in [0.2, 0.25) is 10.0 Å². The molecule has 0 amide bonds. The highest BCUT2D eigenvalue weighted by molar-refractivity contribution is 7.92. The van der Waals surface area contributed by atoms with Gasteiger partial charge in [0.15, 0.2) is 21.3 Å². The van der Waals surface area contributed by atoms with Gasteiger partial charge in [-0.15, -0.1) is 0 Å². The molecule has 1 aliphatic heterocycles. The van der Waals surface area contributed by atoms with Crippen LogP contribution in [0.25, 0.3) is 0 Å². The fourth-order valence-corrected chi connectivity index (χ4v) is 5.94. The van der Waals surface area contributed by atoms with Crippen LogP contribution in [0.2, 0.25) is 0 Å². The average molecular weight is 464 g/mol. The molecule has 2 heterocycles. The average Bonchev–Trinajstić information content (AvgIpc) is 3.28. The normalized spacial score (nSPS) is 14.9. The molecule has 0 aliphatic carbocycles. The molecule has 0 saturated carbocycles. The number of hydrogen-bond donors (Lipinski definition) is 1. The van der Waals surface area contributed by atoms with Gasteiger partial charge in [-0.05, 0) is 43.3 Å². The number of furan rings is 1. The molecule has 1 aromatic heterocycles. The van der Waals surface area contributed by atoms with Crippen LogP contribution in [0.15, 0.2) is 75.1 Å². The molecule has 0 fully saturated rings. The van der Waals surface area contributed by atoms with E-state index in [9.17, 15) is 16.8 Å². The zero-order valence-electron chi connectivity index (χ0n) is 16.6. The summed E-state index contributed by atoms with van der Waals surface area (Å²) in [7, 11) is -7.95. The van der Waals surface area contributed by atoms with Gasteiger partial charge >= 0.3 is 0 Å². The molecule has 1 N–H and O–H groups in total. The monoisotopic (exact) mass is 463 g/mol. The number of fused-ring (bicyclic) bond motifs is 1. The lowest BCUT2D eigenvalue weighted by Gasteiger charge is -2.20. The van der Waals surface area contributed by atoms with E-state index in [-0.39, 0.29) is 15.6 Å². The van der Waals surface area contributed by atoms with Crippen LogP contribution >= 0.6 is 0 Å². The third-order valence-electron chi connectivity index (χ3n) is 4.87. The summed E-state index contributed by atoms with van der Waals surface area (Å²) < 4.78 is 70.8. The summed E-state index contributed by atoms with van der Waals surface area (Å²) in [6.07, 6.45) is 1.35. The van der Waals surface area contributed by atoms with Crippen molar-refractivity contribution in [3.05, 3.63) is 72.2 Å². The molecule has 0 spiro atoms. The lowest BCUT2D eigenvalue weighted by molar-refractivity contribution is 0.171. The maximum atomic E-state index is 13.3. The molecular formula is C21H21NO7S2. The Labute approximate surface area is 180 Å². The molecule has 3 aromatic rings. The Morgan fingerprint density at radius 2 is 1.58 bits per heavy atom. The van der Waals surface area contributed by atoms with E-state index in [0.717, 1.165) is 5.56 Å². The van der Waals surface area contributed by atoms with Crippen LogP contribution in [0.4, 0.5) is 0 Å². The van der Waals surface area contributed by atoms with Crippen molar-refractivity contribution in [2.45, 2.75) is 22.0 Å². The summed E-state index contributed by atoms with van der Waals surface area (Å²) in [5.41, 5.74) is 0.910. The van der Waals surface area contributed by atoms with Gasteiger partial charge in [-0.3, -0.25) is 0 Å². The van der Waals surface area contributed by atoms with Gasteiger partial charge in [0.25, 0.3) is 0 Å². The van der Waals surface area contributed by atoms with Crippen LogP contribution in [-0.2, 0) is 19.9 Å². The highest BCUT2D eigenvalue weighted by Crippen LogP contribution is 2.33. The van der Waals surface area contributed by atoms with Crippen molar-refractivity contribution in [2.75, 3.05) is 19.8 Å². The molecule has 0 radical (unpaired) electrons. The molecule has 8 nitrogen and oxygen atoms in total.